The Labute approximate surface area is 130 Å². The molecule has 3 rings (SSSR count). The average molecular weight is 306 g/mol. The second kappa shape index (κ2) is 7.20. The standard InChI is InChI=1S/C17H23FN2O2/c18-16-3-1-14(2-4-16)11-20-9-8-19(12-17(20)21)7-5-15-6-10-22-13-15/h1-4,15H,5-13H2/t15-/m1/s1. The molecule has 2 aliphatic heterocycles. The zero-order valence-electron chi connectivity index (χ0n) is 12.8. The van der Waals surface area contributed by atoms with Gasteiger partial charge in [-0.3, -0.25) is 9.69 Å². The van der Waals surface area contributed by atoms with Crippen LogP contribution in [0.4, 0.5) is 4.39 Å². The molecule has 2 fully saturated rings. The minimum Gasteiger partial charge on any atom is -0.381 e. The van der Waals surface area contributed by atoms with E-state index >= 15 is 0 Å². The van der Waals surface area contributed by atoms with E-state index in [0.29, 0.717) is 19.0 Å². The van der Waals surface area contributed by atoms with Crippen LogP contribution in [0.1, 0.15) is 18.4 Å². The van der Waals surface area contributed by atoms with Crippen LogP contribution in [0, 0.1) is 11.7 Å². The first-order valence-electron chi connectivity index (χ1n) is 8.03. The molecular weight excluding hydrogens is 283 g/mol. The van der Waals surface area contributed by atoms with Crippen molar-refractivity contribution in [1.29, 1.82) is 0 Å². The topological polar surface area (TPSA) is 32.8 Å². The Hall–Kier alpha value is -1.46. The van der Waals surface area contributed by atoms with E-state index in [1.807, 2.05) is 4.90 Å². The van der Waals surface area contributed by atoms with Gasteiger partial charge in [-0.05, 0) is 43.0 Å². The van der Waals surface area contributed by atoms with Crippen molar-refractivity contribution in [2.75, 3.05) is 39.4 Å². The fraction of sp³-hybridized carbons (Fsp3) is 0.588. The molecule has 1 aromatic carbocycles. The van der Waals surface area contributed by atoms with Gasteiger partial charge in [0, 0.05) is 32.8 Å². The molecule has 2 heterocycles. The molecule has 0 aromatic heterocycles. The summed E-state index contributed by atoms with van der Waals surface area (Å²) in [5.41, 5.74) is 0.978. The lowest BCUT2D eigenvalue weighted by atomic mass is 10.0. The summed E-state index contributed by atoms with van der Waals surface area (Å²) in [6, 6.07) is 6.38. The number of piperazine rings is 1. The van der Waals surface area contributed by atoms with Crippen molar-refractivity contribution in [3.8, 4) is 0 Å². The van der Waals surface area contributed by atoms with E-state index in [0.717, 1.165) is 51.3 Å². The van der Waals surface area contributed by atoms with Gasteiger partial charge < -0.3 is 9.64 Å². The lowest BCUT2D eigenvalue weighted by molar-refractivity contribution is -0.136. The lowest BCUT2D eigenvalue weighted by Crippen LogP contribution is -2.50. The van der Waals surface area contributed by atoms with Crippen LogP contribution in [-0.4, -0.2) is 55.1 Å². The summed E-state index contributed by atoms with van der Waals surface area (Å²) in [6.45, 7) is 5.47. The predicted octanol–water partition coefficient (Wildman–Crippen LogP) is 1.90. The maximum atomic E-state index is 12.9. The van der Waals surface area contributed by atoms with Crippen molar-refractivity contribution in [1.82, 2.24) is 9.80 Å². The normalized spacial score (nSPS) is 23.2. The monoisotopic (exact) mass is 306 g/mol. The Kier molecular flexibility index (Phi) is 5.05. The molecule has 0 aliphatic carbocycles. The molecule has 0 bridgehead atoms. The molecule has 0 spiro atoms. The van der Waals surface area contributed by atoms with Gasteiger partial charge in [0.25, 0.3) is 0 Å². The largest absolute Gasteiger partial charge is 0.381 e. The Bertz CT molecular complexity index is 500. The van der Waals surface area contributed by atoms with E-state index in [4.69, 9.17) is 4.74 Å². The first-order valence-corrected chi connectivity index (χ1v) is 8.03. The molecule has 1 atom stereocenters. The second-order valence-electron chi connectivity index (χ2n) is 6.24. The van der Waals surface area contributed by atoms with Crippen molar-refractivity contribution >= 4 is 5.91 Å². The molecule has 0 unspecified atom stereocenters. The maximum absolute atomic E-state index is 12.9. The van der Waals surface area contributed by atoms with Crippen molar-refractivity contribution in [2.45, 2.75) is 19.4 Å². The molecule has 1 aromatic rings. The Morgan fingerprint density at radius 3 is 2.73 bits per heavy atom. The second-order valence-corrected chi connectivity index (χ2v) is 6.24. The van der Waals surface area contributed by atoms with E-state index in [1.165, 1.54) is 12.1 Å². The summed E-state index contributed by atoms with van der Waals surface area (Å²) in [5, 5.41) is 0. The summed E-state index contributed by atoms with van der Waals surface area (Å²) in [7, 11) is 0. The van der Waals surface area contributed by atoms with Gasteiger partial charge >= 0.3 is 0 Å². The molecule has 0 radical (unpaired) electrons. The van der Waals surface area contributed by atoms with Crippen LogP contribution in [-0.2, 0) is 16.1 Å². The summed E-state index contributed by atoms with van der Waals surface area (Å²) in [5.74, 6) is 0.585. The van der Waals surface area contributed by atoms with Gasteiger partial charge in [0.1, 0.15) is 5.82 Å². The average Bonchev–Trinajstić information content (AvgIpc) is 3.03. The molecule has 0 saturated carbocycles. The summed E-state index contributed by atoms with van der Waals surface area (Å²) < 4.78 is 18.3. The number of hydrogen-bond donors (Lipinski definition) is 0. The molecule has 5 heteroatoms. The Morgan fingerprint density at radius 1 is 1.23 bits per heavy atom. The number of amides is 1. The van der Waals surface area contributed by atoms with Crippen molar-refractivity contribution < 1.29 is 13.9 Å². The van der Waals surface area contributed by atoms with Crippen molar-refractivity contribution in [3.05, 3.63) is 35.6 Å². The van der Waals surface area contributed by atoms with Crippen LogP contribution in [0.15, 0.2) is 24.3 Å². The Balaban J connectivity index is 1.45. The number of rotatable bonds is 5. The highest BCUT2D eigenvalue weighted by molar-refractivity contribution is 5.79. The third kappa shape index (κ3) is 4.05. The van der Waals surface area contributed by atoms with Crippen molar-refractivity contribution in [2.24, 2.45) is 5.92 Å². The molecule has 4 nitrogen and oxygen atoms in total. The van der Waals surface area contributed by atoms with Gasteiger partial charge in [0.15, 0.2) is 0 Å². The van der Waals surface area contributed by atoms with Crippen molar-refractivity contribution in [3.63, 3.8) is 0 Å². The van der Waals surface area contributed by atoms with Crippen LogP contribution in [0.2, 0.25) is 0 Å². The highest BCUT2D eigenvalue weighted by atomic mass is 19.1. The molecule has 0 N–H and O–H groups in total. The van der Waals surface area contributed by atoms with Crippen LogP contribution >= 0.6 is 0 Å². The van der Waals surface area contributed by atoms with Gasteiger partial charge in [-0.25, -0.2) is 4.39 Å². The number of carbonyl (C=O) groups is 1. The zero-order chi connectivity index (χ0) is 15.4. The third-order valence-corrected chi connectivity index (χ3v) is 4.56. The number of carbonyl (C=O) groups excluding carboxylic acids is 1. The SMILES string of the molecule is O=C1CN(CC[C@@H]2CCOC2)CCN1Cc1ccc(F)cc1. The molecule has 1 amide bonds. The van der Waals surface area contributed by atoms with E-state index in [9.17, 15) is 9.18 Å². The summed E-state index contributed by atoms with van der Waals surface area (Å²) in [6.07, 6.45) is 2.27. The predicted molar refractivity (Wildman–Crippen MR) is 81.8 cm³/mol. The van der Waals surface area contributed by atoms with E-state index in [-0.39, 0.29) is 11.7 Å². The highest BCUT2D eigenvalue weighted by Gasteiger charge is 2.25. The molecular formula is C17H23FN2O2. The van der Waals surface area contributed by atoms with E-state index in [1.54, 1.807) is 12.1 Å². The third-order valence-electron chi connectivity index (χ3n) is 4.56. The van der Waals surface area contributed by atoms with Crippen LogP contribution < -0.4 is 0 Å². The Morgan fingerprint density at radius 2 is 2.05 bits per heavy atom. The molecule has 120 valence electrons. The van der Waals surface area contributed by atoms with E-state index < -0.39 is 0 Å². The summed E-state index contributed by atoms with van der Waals surface area (Å²) in [4.78, 5) is 16.4. The van der Waals surface area contributed by atoms with Crippen LogP contribution in [0.25, 0.3) is 0 Å². The fourth-order valence-electron chi connectivity index (χ4n) is 3.10. The van der Waals surface area contributed by atoms with E-state index in [2.05, 4.69) is 4.90 Å². The number of hydrogen-bond acceptors (Lipinski definition) is 3. The van der Waals surface area contributed by atoms with Crippen LogP contribution in [0.5, 0.6) is 0 Å². The molecule has 2 saturated heterocycles. The highest BCUT2D eigenvalue weighted by Crippen LogP contribution is 2.18. The minimum atomic E-state index is -0.240. The number of ether oxygens (including phenoxy) is 1. The quantitative estimate of drug-likeness (QED) is 0.833. The fourth-order valence-corrected chi connectivity index (χ4v) is 3.10. The van der Waals surface area contributed by atoms with Gasteiger partial charge in [0.2, 0.25) is 5.91 Å². The summed E-state index contributed by atoms with van der Waals surface area (Å²) >= 11 is 0. The number of benzene rings is 1. The van der Waals surface area contributed by atoms with Gasteiger partial charge in [-0.1, -0.05) is 12.1 Å². The number of halogens is 1. The van der Waals surface area contributed by atoms with Crippen LogP contribution in [0.3, 0.4) is 0 Å². The maximum Gasteiger partial charge on any atom is 0.237 e. The van der Waals surface area contributed by atoms with Gasteiger partial charge in [0.05, 0.1) is 6.54 Å². The van der Waals surface area contributed by atoms with Gasteiger partial charge in [-0.15, -0.1) is 0 Å². The molecule has 22 heavy (non-hydrogen) atoms. The minimum absolute atomic E-state index is 0.165. The smallest absolute Gasteiger partial charge is 0.237 e. The number of nitrogens with zero attached hydrogens (tertiary/aromatic N) is 2. The zero-order valence-corrected chi connectivity index (χ0v) is 12.8. The first kappa shape index (κ1) is 15.4. The first-order chi connectivity index (χ1) is 10.7. The molecule has 2 aliphatic rings. The van der Waals surface area contributed by atoms with Gasteiger partial charge in [-0.2, -0.15) is 0 Å². The lowest BCUT2D eigenvalue weighted by Gasteiger charge is -2.34.